The second-order valence-corrected chi connectivity index (χ2v) is 7.65. The van der Waals surface area contributed by atoms with E-state index in [0.717, 1.165) is 11.9 Å². The van der Waals surface area contributed by atoms with Crippen LogP contribution in [0, 0.1) is 0 Å². The number of aromatic amines is 1. The smallest absolute Gasteiger partial charge is 0.330 e. The normalized spacial score (nSPS) is 11.2. The Morgan fingerprint density at radius 2 is 1.66 bits per heavy atom. The van der Waals surface area contributed by atoms with Gasteiger partial charge in [-0.25, -0.2) is 9.59 Å². The molecule has 0 fully saturated rings. The van der Waals surface area contributed by atoms with Gasteiger partial charge in [0.1, 0.15) is 12.4 Å². The molecule has 0 radical (unpaired) electrons. The molecule has 0 bridgehead atoms. The van der Waals surface area contributed by atoms with E-state index >= 15 is 0 Å². The lowest BCUT2D eigenvalue weighted by Gasteiger charge is -2.24. The molecule has 2 heterocycles. The zero-order valence-electron chi connectivity index (χ0n) is 18.8. The fourth-order valence-electron chi connectivity index (χ4n) is 3.91. The highest BCUT2D eigenvalue weighted by molar-refractivity contribution is 5.96. The van der Waals surface area contributed by atoms with Crippen molar-refractivity contribution in [2.45, 2.75) is 59.7 Å². The highest BCUT2D eigenvalue weighted by atomic mass is 16.2. The first-order valence-electron chi connectivity index (χ1n) is 11.0. The molecular formula is C22H30N6O4. The van der Waals surface area contributed by atoms with Crippen molar-refractivity contribution >= 4 is 28.4 Å². The van der Waals surface area contributed by atoms with Crippen LogP contribution < -0.4 is 27.6 Å². The highest BCUT2D eigenvalue weighted by Crippen LogP contribution is 2.19. The van der Waals surface area contributed by atoms with Crippen LogP contribution in [0.3, 0.4) is 0 Å². The standard InChI is InChI=1S/C22H30N6O4/c1-4-7-13-26(18-19(23)27(12-5-2)21(31)24-20(18)30)17(29)14-28-16-11-9-8-10-15(16)25(6-3)22(28)32/h8-11H,4-7,12-14,23H2,1-3H3,(H,24,30,31). The Bertz CT molecular complexity index is 1300. The number of nitrogens with one attached hydrogen (secondary N) is 1. The number of anilines is 2. The summed E-state index contributed by atoms with van der Waals surface area (Å²) in [5, 5.41) is 0. The highest BCUT2D eigenvalue weighted by Gasteiger charge is 2.25. The van der Waals surface area contributed by atoms with Crippen molar-refractivity contribution < 1.29 is 4.79 Å². The topological polar surface area (TPSA) is 128 Å². The van der Waals surface area contributed by atoms with Crippen molar-refractivity contribution in [1.82, 2.24) is 18.7 Å². The number of aromatic nitrogens is 4. The van der Waals surface area contributed by atoms with E-state index in [-0.39, 0.29) is 30.3 Å². The number of amides is 1. The van der Waals surface area contributed by atoms with Crippen molar-refractivity contribution in [2.75, 3.05) is 17.2 Å². The number of aryl methyl sites for hydroxylation is 1. The summed E-state index contributed by atoms with van der Waals surface area (Å²) < 4.78 is 4.27. The molecular weight excluding hydrogens is 412 g/mol. The average molecular weight is 443 g/mol. The number of H-pyrrole nitrogens is 1. The molecule has 3 rings (SSSR count). The average Bonchev–Trinajstić information content (AvgIpc) is 3.04. The fraction of sp³-hybridized carbons (Fsp3) is 0.455. The SMILES string of the molecule is CCCCN(C(=O)Cn1c(=O)n(CC)c2ccccc21)c1c(N)n(CCC)c(=O)[nH]c1=O. The number of nitrogens with two attached hydrogens (primary N) is 1. The molecule has 0 aliphatic carbocycles. The number of benzene rings is 1. The summed E-state index contributed by atoms with van der Waals surface area (Å²) in [4.78, 5) is 54.9. The van der Waals surface area contributed by atoms with Gasteiger partial charge >= 0.3 is 11.4 Å². The van der Waals surface area contributed by atoms with E-state index in [1.54, 1.807) is 16.7 Å². The van der Waals surface area contributed by atoms with Gasteiger partial charge in [0.15, 0.2) is 5.69 Å². The van der Waals surface area contributed by atoms with E-state index < -0.39 is 17.2 Å². The number of imidazole rings is 1. The minimum atomic E-state index is -0.715. The number of nitrogen functional groups attached to an aromatic ring is 1. The summed E-state index contributed by atoms with van der Waals surface area (Å²) in [7, 11) is 0. The molecule has 3 aromatic rings. The zero-order valence-corrected chi connectivity index (χ0v) is 18.8. The molecule has 0 unspecified atom stereocenters. The summed E-state index contributed by atoms with van der Waals surface area (Å²) in [6.45, 7) is 6.49. The first-order valence-corrected chi connectivity index (χ1v) is 11.0. The van der Waals surface area contributed by atoms with Crippen molar-refractivity contribution in [3.63, 3.8) is 0 Å². The summed E-state index contributed by atoms with van der Waals surface area (Å²) >= 11 is 0. The Kier molecular flexibility index (Phi) is 7.01. The van der Waals surface area contributed by atoms with Crippen LogP contribution in [0.1, 0.15) is 40.0 Å². The third-order valence-electron chi connectivity index (χ3n) is 5.50. The molecule has 10 heteroatoms. The Balaban J connectivity index is 2.11. The molecule has 172 valence electrons. The van der Waals surface area contributed by atoms with Crippen LogP contribution in [0.2, 0.25) is 0 Å². The van der Waals surface area contributed by atoms with Crippen molar-refractivity contribution in [3.05, 3.63) is 55.6 Å². The number of unbranched alkanes of at least 4 members (excludes halogenated alkanes) is 1. The van der Waals surface area contributed by atoms with Crippen molar-refractivity contribution in [2.24, 2.45) is 0 Å². The largest absolute Gasteiger partial charge is 0.383 e. The van der Waals surface area contributed by atoms with Crippen LogP contribution in [0.15, 0.2) is 38.6 Å². The quantitative estimate of drug-likeness (QED) is 0.519. The van der Waals surface area contributed by atoms with Crippen LogP contribution >= 0.6 is 0 Å². The van der Waals surface area contributed by atoms with Gasteiger partial charge in [-0.3, -0.25) is 28.3 Å². The number of para-hydroxylation sites is 2. The molecule has 2 aromatic heterocycles. The second kappa shape index (κ2) is 9.71. The van der Waals surface area contributed by atoms with Gasteiger partial charge in [0.25, 0.3) is 5.56 Å². The molecule has 0 aliphatic rings. The number of fused-ring (bicyclic) bond motifs is 1. The van der Waals surface area contributed by atoms with Crippen LogP contribution in [0.5, 0.6) is 0 Å². The van der Waals surface area contributed by atoms with E-state index in [9.17, 15) is 19.2 Å². The molecule has 0 saturated carbocycles. The predicted octanol–water partition coefficient (Wildman–Crippen LogP) is 1.50. The third-order valence-corrected chi connectivity index (χ3v) is 5.50. The van der Waals surface area contributed by atoms with Gasteiger partial charge in [-0.15, -0.1) is 0 Å². The van der Waals surface area contributed by atoms with E-state index in [1.807, 2.05) is 32.9 Å². The lowest BCUT2D eigenvalue weighted by Crippen LogP contribution is -2.43. The number of rotatable bonds is 9. The van der Waals surface area contributed by atoms with Gasteiger partial charge in [0.05, 0.1) is 11.0 Å². The molecule has 0 spiro atoms. The van der Waals surface area contributed by atoms with Crippen LogP contribution in [0.25, 0.3) is 11.0 Å². The Labute approximate surface area is 184 Å². The first kappa shape index (κ1) is 23.1. The first-order chi connectivity index (χ1) is 15.3. The summed E-state index contributed by atoms with van der Waals surface area (Å²) in [5.74, 6) is -0.494. The third kappa shape index (κ3) is 4.12. The molecule has 10 nitrogen and oxygen atoms in total. The Morgan fingerprint density at radius 1 is 1.00 bits per heavy atom. The lowest BCUT2D eigenvalue weighted by molar-refractivity contribution is -0.119. The van der Waals surface area contributed by atoms with E-state index in [2.05, 4.69) is 4.98 Å². The van der Waals surface area contributed by atoms with Gasteiger partial charge in [0.2, 0.25) is 5.91 Å². The predicted molar refractivity (Wildman–Crippen MR) is 125 cm³/mol. The summed E-state index contributed by atoms with van der Waals surface area (Å²) in [6, 6.07) is 7.26. The molecule has 0 atom stereocenters. The number of hydrogen-bond acceptors (Lipinski definition) is 5. The number of carbonyl (C=O) groups is 1. The minimum absolute atomic E-state index is 0.0478. The van der Waals surface area contributed by atoms with Crippen molar-refractivity contribution in [1.29, 1.82) is 0 Å². The minimum Gasteiger partial charge on any atom is -0.383 e. The van der Waals surface area contributed by atoms with Gasteiger partial charge in [-0.05, 0) is 31.9 Å². The number of hydrogen-bond donors (Lipinski definition) is 2. The lowest BCUT2D eigenvalue weighted by atomic mass is 10.2. The number of nitrogens with zero attached hydrogens (tertiary/aromatic N) is 4. The molecule has 1 amide bonds. The van der Waals surface area contributed by atoms with E-state index in [0.29, 0.717) is 31.4 Å². The Hall–Kier alpha value is -3.56. The maximum atomic E-state index is 13.4. The van der Waals surface area contributed by atoms with Crippen LogP contribution in [0.4, 0.5) is 11.5 Å². The van der Waals surface area contributed by atoms with Crippen LogP contribution in [-0.4, -0.2) is 31.1 Å². The molecule has 3 N–H and O–H groups in total. The van der Waals surface area contributed by atoms with E-state index in [1.165, 1.54) is 14.0 Å². The van der Waals surface area contributed by atoms with Gasteiger partial charge in [-0.1, -0.05) is 32.4 Å². The monoisotopic (exact) mass is 442 g/mol. The molecule has 0 aliphatic heterocycles. The molecule has 32 heavy (non-hydrogen) atoms. The maximum absolute atomic E-state index is 13.4. The van der Waals surface area contributed by atoms with Crippen LogP contribution in [-0.2, 0) is 24.4 Å². The molecule has 1 aromatic carbocycles. The van der Waals surface area contributed by atoms with Gasteiger partial charge in [0, 0.05) is 19.6 Å². The van der Waals surface area contributed by atoms with Crippen molar-refractivity contribution in [3.8, 4) is 0 Å². The maximum Gasteiger partial charge on any atom is 0.330 e. The Morgan fingerprint density at radius 3 is 2.25 bits per heavy atom. The van der Waals surface area contributed by atoms with Gasteiger partial charge < -0.3 is 10.6 Å². The zero-order chi connectivity index (χ0) is 23.4. The van der Waals surface area contributed by atoms with E-state index in [4.69, 9.17) is 5.73 Å². The van der Waals surface area contributed by atoms with Gasteiger partial charge in [-0.2, -0.15) is 0 Å². The fourth-order valence-corrected chi connectivity index (χ4v) is 3.91. The molecule has 0 saturated heterocycles. The number of carbonyl (C=O) groups excluding carboxylic acids is 1. The second-order valence-electron chi connectivity index (χ2n) is 7.65. The summed E-state index contributed by atoms with van der Waals surface area (Å²) in [5.41, 5.74) is 5.90. The summed E-state index contributed by atoms with van der Waals surface area (Å²) in [6.07, 6.45) is 2.04.